The fourth-order valence-electron chi connectivity index (χ4n) is 3.32. The number of hydrogen-bond donors (Lipinski definition) is 1. The number of alkyl halides is 3. The molecule has 0 radical (unpaired) electrons. The van der Waals surface area contributed by atoms with Crippen molar-refractivity contribution in [1.29, 1.82) is 0 Å². The van der Waals surface area contributed by atoms with Crippen LogP contribution < -0.4 is 0 Å². The smallest absolute Gasteiger partial charge is 0.394 e. The molecular formula is C21H29F3N2O4. The molecule has 9 heteroatoms. The average Bonchev–Trinajstić information content (AvgIpc) is 2.75. The van der Waals surface area contributed by atoms with E-state index in [2.05, 4.69) is 6.58 Å². The van der Waals surface area contributed by atoms with Crippen LogP contribution in [0.15, 0.2) is 36.9 Å². The molecule has 30 heavy (non-hydrogen) atoms. The third kappa shape index (κ3) is 6.04. The van der Waals surface area contributed by atoms with Crippen LogP contribution in [-0.4, -0.2) is 85.6 Å². The van der Waals surface area contributed by atoms with Crippen LogP contribution in [0.2, 0.25) is 0 Å². The van der Waals surface area contributed by atoms with Gasteiger partial charge in [0.05, 0.1) is 37.0 Å². The number of methoxy groups -OCH3 is 1. The van der Waals surface area contributed by atoms with Crippen LogP contribution in [0.4, 0.5) is 13.2 Å². The van der Waals surface area contributed by atoms with E-state index < -0.39 is 23.2 Å². The summed E-state index contributed by atoms with van der Waals surface area (Å²) in [5.74, 6) is -0.521. The highest BCUT2D eigenvalue weighted by Crippen LogP contribution is 2.30. The topological polar surface area (TPSA) is 62.2 Å². The fraction of sp³-hybridized carbons (Fsp3) is 0.571. The van der Waals surface area contributed by atoms with E-state index in [1.807, 2.05) is 11.8 Å². The van der Waals surface area contributed by atoms with E-state index in [1.54, 1.807) is 6.08 Å². The van der Waals surface area contributed by atoms with Gasteiger partial charge in [-0.1, -0.05) is 12.1 Å². The van der Waals surface area contributed by atoms with Crippen molar-refractivity contribution in [2.24, 2.45) is 0 Å². The summed E-state index contributed by atoms with van der Waals surface area (Å²) in [4.78, 5) is 16.4. The minimum Gasteiger partial charge on any atom is -0.394 e. The lowest BCUT2D eigenvalue weighted by atomic mass is 9.99. The molecule has 0 aliphatic carbocycles. The van der Waals surface area contributed by atoms with Crippen molar-refractivity contribution in [3.05, 3.63) is 48.0 Å². The SMILES string of the molecule is C=C[C@](C)(CO)N1CCO[C@H](CN(CCOC)C(=O)c2cccc(C(F)(F)F)c2)C1. The van der Waals surface area contributed by atoms with E-state index >= 15 is 0 Å². The lowest BCUT2D eigenvalue weighted by Crippen LogP contribution is -2.57. The highest BCUT2D eigenvalue weighted by molar-refractivity contribution is 5.94. The molecule has 6 nitrogen and oxygen atoms in total. The lowest BCUT2D eigenvalue weighted by Gasteiger charge is -2.43. The van der Waals surface area contributed by atoms with Crippen LogP contribution in [0.3, 0.4) is 0 Å². The van der Waals surface area contributed by atoms with Crippen LogP contribution in [-0.2, 0) is 15.7 Å². The molecule has 2 rings (SSSR count). The number of aliphatic hydroxyl groups excluding tert-OH is 1. The number of benzene rings is 1. The van der Waals surface area contributed by atoms with E-state index in [0.29, 0.717) is 19.7 Å². The molecule has 1 amide bonds. The van der Waals surface area contributed by atoms with Crippen molar-refractivity contribution in [3.8, 4) is 0 Å². The normalized spacial score (nSPS) is 19.9. The largest absolute Gasteiger partial charge is 0.416 e. The summed E-state index contributed by atoms with van der Waals surface area (Å²) in [6, 6.07) is 4.38. The molecule has 0 saturated carbocycles. The number of carbonyl (C=O) groups excluding carboxylic acids is 1. The second-order valence-corrected chi connectivity index (χ2v) is 7.48. The average molecular weight is 430 g/mol. The first-order valence-electron chi connectivity index (χ1n) is 9.71. The second kappa shape index (κ2) is 10.4. The van der Waals surface area contributed by atoms with Gasteiger partial charge in [-0.25, -0.2) is 0 Å². The zero-order chi connectivity index (χ0) is 22.4. The number of rotatable bonds is 9. The Morgan fingerprint density at radius 3 is 2.80 bits per heavy atom. The van der Waals surface area contributed by atoms with Gasteiger partial charge in [-0.15, -0.1) is 6.58 Å². The lowest BCUT2D eigenvalue weighted by molar-refractivity contribution is -0.137. The maximum Gasteiger partial charge on any atom is 0.416 e. The quantitative estimate of drug-likeness (QED) is 0.610. The van der Waals surface area contributed by atoms with Gasteiger partial charge in [-0.3, -0.25) is 9.69 Å². The minimum absolute atomic E-state index is 0.0418. The van der Waals surface area contributed by atoms with Crippen molar-refractivity contribution in [2.75, 3.05) is 53.1 Å². The highest BCUT2D eigenvalue weighted by Gasteiger charge is 2.35. The Morgan fingerprint density at radius 1 is 1.47 bits per heavy atom. The maximum atomic E-state index is 13.0. The summed E-state index contributed by atoms with van der Waals surface area (Å²) in [6.07, 6.45) is -3.22. The van der Waals surface area contributed by atoms with Gasteiger partial charge in [0.2, 0.25) is 0 Å². The maximum absolute atomic E-state index is 13.0. The Labute approximate surface area is 174 Å². The molecule has 168 valence electrons. The molecule has 1 saturated heterocycles. The van der Waals surface area contributed by atoms with Crippen LogP contribution in [0.1, 0.15) is 22.8 Å². The first kappa shape index (κ1) is 24.3. The highest BCUT2D eigenvalue weighted by atomic mass is 19.4. The van der Waals surface area contributed by atoms with Gasteiger partial charge in [0, 0.05) is 38.9 Å². The van der Waals surface area contributed by atoms with Gasteiger partial charge in [-0.05, 0) is 25.1 Å². The molecule has 1 fully saturated rings. The predicted octanol–water partition coefficient (Wildman–Crippen LogP) is 2.43. The van der Waals surface area contributed by atoms with Gasteiger partial charge in [0.25, 0.3) is 5.91 Å². The van der Waals surface area contributed by atoms with Crippen molar-refractivity contribution >= 4 is 5.91 Å². The molecule has 1 heterocycles. The van der Waals surface area contributed by atoms with Crippen molar-refractivity contribution < 1.29 is 32.5 Å². The molecule has 1 aromatic carbocycles. The molecule has 1 aliphatic rings. The first-order valence-corrected chi connectivity index (χ1v) is 9.71. The third-order valence-corrected chi connectivity index (χ3v) is 5.33. The van der Waals surface area contributed by atoms with Crippen molar-refractivity contribution in [2.45, 2.75) is 24.7 Å². The molecule has 0 spiro atoms. The standard InChI is InChI=1S/C21H29F3N2O4/c1-4-20(2,15-27)26-9-11-30-18(14-26)13-25(8-10-29-3)19(28)16-6-5-7-17(12-16)21(22,23)24/h4-7,12,18,27H,1,8-11,13-15H2,2-3H3/t18-,20-/m1/s1. The number of morpholine rings is 1. The van der Waals surface area contributed by atoms with Crippen LogP contribution in [0, 0.1) is 0 Å². The monoisotopic (exact) mass is 430 g/mol. The molecule has 0 bridgehead atoms. The van der Waals surface area contributed by atoms with E-state index in [1.165, 1.54) is 24.1 Å². The number of ether oxygens (including phenoxy) is 2. The zero-order valence-electron chi connectivity index (χ0n) is 17.3. The number of halogens is 3. The first-order chi connectivity index (χ1) is 14.1. The Bertz CT molecular complexity index is 728. The Balaban J connectivity index is 2.17. The van der Waals surface area contributed by atoms with Crippen LogP contribution in [0.5, 0.6) is 0 Å². The molecule has 1 aliphatic heterocycles. The number of amides is 1. The van der Waals surface area contributed by atoms with E-state index in [0.717, 1.165) is 12.1 Å². The number of aliphatic hydroxyl groups is 1. The predicted molar refractivity (Wildman–Crippen MR) is 106 cm³/mol. The van der Waals surface area contributed by atoms with E-state index in [-0.39, 0.29) is 38.0 Å². The number of carbonyl (C=O) groups is 1. The Morgan fingerprint density at radius 2 is 2.20 bits per heavy atom. The van der Waals surface area contributed by atoms with Crippen molar-refractivity contribution in [3.63, 3.8) is 0 Å². The van der Waals surface area contributed by atoms with E-state index in [9.17, 15) is 23.1 Å². The fourth-order valence-corrected chi connectivity index (χ4v) is 3.32. The third-order valence-electron chi connectivity index (χ3n) is 5.33. The summed E-state index contributed by atoms with van der Waals surface area (Å²) in [5.41, 5.74) is -1.53. The van der Waals surface area contributed by atoms with Crippen LogP contribution in [0.25, 0.3) is 0 Å². The van der Waals surface area contributed by atoms with Gasteiger partial charge >= 0.3 is 6.18 Å². The Kier molecular flexibility index (Phi) is 8.42. The summed E-state index contributed by atoms with van der Waals surface area (Å²) >= 11 is 0. The second-order valence-electron chi connectivity index (χ2n) is 7.48. The number of nitrogens with zero attached hydrogens (tertiary/aromatic N) is 2. The summed E-state index contributed by atoms with van der Waals surface area (Å²) < 4.78 is 50.0. The molecule has 0 aromatic heterocycles. The summed E-state index contributed by atoms with van der Waals surface area (Å²) in [7, 11) is 1.49. The zero-order valence-corrected chi connectivity index (χ0v) is 17.3. The minimum atomic E-state index is -4.53. The molecule has 1 N–H and O–H groups in total. The molecule has 1 aromatic rings. The van der Waals surface area contributed by atoms with E-state index in [4.69, 9.17) is 9.47 Å². The molecule has 0 unspecified atom stereocenters. The molecular weight excluding hydrogens is 401 g/mol. The van der Waals surface area contributed by atoms with Gasteiger partial charge in [0.1, 0.15) is 0 Å². The van der Waals surface area contributed by atoms with Gasteiger partial charge in [0.15, 0.2) is 0 Å². The van der Waals surface area contributed by atoms with Gasteiger partial charge < -0.3 is 19.5 Å². The Hall–Kier alpha value is -1.94. The van der Waals surface area contributed by atoms with Crippen molar-refractivity contribution in [1.82, 2.24) is 9.80 Å². The summed E-state index contributed by atoms with van der Waals surface area (Å²) in [6.45, 7) is 7.62. The van der Waals surface area contributed by atoms with Crippen LogP contribution >= 0.6 is 0 Å². The van der Waals surface area contributed by atoms with Gasteiger partial charge in [-0.2, -0.15) is 13.2 Å². The number of hydrogen-bond acceptors (Lipinski definition) is 5. The molecule has 2 atom stereocenters. The summed E-state index contributed by atoms with van der Waals surface area (Å²) in [5, 5.41) is 9.72.